The van der Waals surface area contributed by atoms with Crippen molar-refractivity contribution in [3.8, 4) is 11.5 Å². The van der Waals surface area contributed by atoms with Crippen LogP contribution in [0.2, 0.25) is 0 Å². The first kappa shape index (κ1) is 32.5. The molecule has 0 fully saturated rings. The summed E-state index contributed by atoms with van der Waals surface area (Å²) in [7, 11) is -1.11. The number of sulfonamides is 1. The maximum Gasteiger partial charge on any atom is 0.264 e. The minimum Gasteiger partial charge on any atom is -0.497 e. The second kappa shape index (κ2) is 14.7. The van der Waals surface area contributed by atoms with E-state index in [4.69, 9.17) is 9.47 Å². The molecule has 1 N–H and O–H groups in total. The summed E-state index contributed by atoms with van der Waals surface area (Å²) in [6.45, 7) is 7.75. The normalized spacial score (nSPS) is 12.0. The second-order valence-corrected chi connectivity index (χ2v) is 12.3. The Balaban J connectivity index is 2.05. The Hall–Kier alpha value is -4.05. The van der Waals surface area contributed by atoms with E-state index in [9.17, 15) is 18.0 Å². The molecule has 226 valence electrons. The van der Waals surface area contributed by atoms with Gasteiger partial charge in [0.05, 0.1) is 24.8 Å². The van der Waals surface area contributed by atoms with E-state index in [1.807, 2.05) is 39.8 Å². The van der Waals surface area contributed by atoms with Crippen molar-refractivity contribution in [2.75, 3.05) is 31.6 Å². The molecule has 0 saturated heterocycles. The van der Waals surface area contributed by atoms with Gasteiger partial charge in [-0.25, -0.2) is 8.42 Å². The van der Waals surface area contributed by atoms with Gasteiger partial charge in [0.2, 0.25) is 11.8 Å². The minimum atomic E-state index is -4.17. The SMILES string of the molecule is CCC(C(=O)NCC(C)C)N(Cc1cccc(OC)c1)C(=O)CN(c1ccc(C)cc1)S(=O)(=O)c1ccc(OC)cc1. The number of hydrogen-bond donors (Lipinski definition) is 1. The van der Waals surface area contributed by atoms with Crippen LogP contribution in [0, 0.1) is 12.8 Å². The minimum absolute atomic E-state index is 0.0118. The smallest absolute Gasteiger partial charge is 0.264 e. The van der Waals surface area contributed by atoms with Gasteiger partial charge >= 0.3 is 0 Å². The molecular formula is C32H41N3O6S. The number of methoxy groups -OCH3 is 2. The molecule has 0 heterocycles. The van der Waals surface area contributed by atoms with Crippen LogP contribution in [0.1, 0.15) is 38.3 Å². The molecule has 0 spiro atoms. The highest BCUT2D eigenvalue weighted by atomic mass is 32.2. The van der Waals surface area contributed by atoms with Crippen LogP contribution in [-0.2, 0) is 26.2 Å². The number of nitrogens with zero attached hydrogens (tertiary/aromatic N) is 2. The molecule has 3 rings (SSSR count). The van der Waals surface area contributed by atoms with Crippen LogP contribution in [0.4, 0.5) is 5.69 Å². The second-order valence-electron chi connectivity index (χ2n) is 10.5. The van der Waals surface area contributed by atoms with E-state index in [0.717, 1.165) is 15.4 Å². The van der Waals surface area contributed by atoms with Crippen LogP contribution in [0.25, 0.3) is 0 Å². The zero-order valence-electron chi connectivity index (χ0n) is 25.2. The van der Waals surface area contributed by atoms with E-state index in [2.05, 4.69) is 5.32 Å². The highest BCUT2D eigenvalue weighted by molar-refractivity contribution is 7.92. The third kappa shape index (κ3) is 8.25. The van der Waals surface area contributed by atoms with Gasteiger partial charge in [-0.3, -0.25) is 13.9 Å². The average molecular weight is 596 g/mol. The Morgan fingerprint density at radius 1 is 0.905 bits per heavy atom. The summed E-state index contributed by atoms with van der Waals surface area (Å²) < 4.78 is 39.6. The Kier molecular flexibility index (Phi) is 11.4. The first-order valence-electron chi connectivity index (χ1n) is 13.9. The number of nitrogens with one attached hydrogen (secondary N) is 1. The molecule has 0 saturated carbocycles. The molecule has 0 radical (unpaired) electrons. The standard InChI is InChI=1S/C32H41N3O6S/c1-7-30(32(37)33-20-23(2)3)34(21-25-9-8-10-28(19-25)41-6)31(36)22-35(26-13-11-24(4)12-14-26)42(38,39)29-17-15-27(40-5)16-18-29/h8-19,23,30H,7,20-22H2,1-6H3,(H,33,37). The number of carbonyl (C=O) groups is 2. The number of aryl methyl sites for hydroxylation is 1. The predicted molar refractivity (Wildman–Crippen MR) is 164 cm³/mol. The van der Waals surface area contributed by atoms with Gasteiger partial charge in [0.1, 0.15) is 24.1 Å². The summed E-state index contributed by atoms with van der Waals surface area (Å²) in [6, 6.07) is 19.4. The Bertz CT molecular complexity index is 1440. The number of rotatable bonds is 14. The summed E-state index contributed by atoms with van der Waals surface area (Å²) in [4.78, 5) is 29.0. The van der Waals surface area contributed by atoms with E-state index < -0.39 is 28.5 Å². The fourth-order valence-corrected chi connectivity index (χ4v) is 5.84. The van der Waals surface area contributed by atoms with E-state index >= 15 is 0 Å². The van der Waals surface area contributed by atoms with Crippen molar-refractivity contribution < 1.29 is 27.5 Å². The van der Waals surface area contributed by atoms with Crippen LogP contribution in [0.5, 0.6) is 11.5 Å². The molecule has 3 aromatic carbocycles. The van der Waals surface area contributed by atoms with Crippen molar-refractivity contribution in [2.45, 2.75) is 51.6 Å². The van der Waals surface area contributed by atoms with E-state index in [1.54, 1.807) is 55.6 Å². The third-order valence-corrected chi connectivity index (χ3v) is 8.59. The van der Waals surface area contributed by atoms with E-state index in [1.165, 1.54) is 24.1 Å². The molecule has 0 aliphatic carbocycles. The number of hydrogen-bond acceptors (Lipinski definition) is 6. The van der Waals surface area contributed by atoms with Crippen molar-refractivity contribution in [1.82, 2.24) is 10.2 Å². The summed E-state index contributed by atoms with van der Waals surface area (Å²) in [6.07, 6.45) is 0.343. The van der Waals surface area contributed by atoms with Crippen molar-refractivity contribution >= 4 is 27.5 Å². The van der Waals surface area contributed by atoms with Gasteiger partial charge < -0.3 is 19.7 Å². The van der Waals surface area contributed by atoms with Gasteiger partial charge in [-0.2, -0.15) is 0 Å². The fraction of sp³-hybridized carbons (Fsp3) is 0.375. The molecule has 3 aromatic rings. The lowest BCUT2D eigenvalue weighted by molar-refractivity contribution is -0.140. The van der Waals surface area contributed by atoms with Gasteiger partial charge in [0.25, 0.3) is 10.0 Å². The first-order valence-corrected chi connectivity index (χ1v) is 15.4. The molecule has 2 amide bonds. The van der Waals surface area contributed by atoms with E-state index in [0.29, 0.717) is 30.2 Å². The van der Waals surface area contributed by atoms with Crippen LogP contribution in [0.3, 0.4) is 0 Å². The monoisotopic (exact) mass is 595 g/mol. The zero-order chi connectivity index (χ0) is 30.9. The van der Waals surface area contributed by atoms with Crippen LogP contribution >= 0.6 is 0 Å². The molecule has 1 atom stereocenters. The maximum atomic E-state index is 14.2. The fourth-order valence-electron chi connectivity index (χ4n) is 4.42. The van der Waals surface area contributed by atoms with Crippen LogP contribution in [-0.4, -0.2) is 58.5 Å². The molecule has 1 unspecified atom stereocenters. The lowest BCUT2D eigenvalue weighted by Crippen LogP contribution is -2.52. The van der Waals surface area contributed by atoms with Crippen LogP contribution < -0.4 is 19.1 Å². The number of benzene rings is 3. The molecule has 0 bridgehead atoms. The average Bonchev–Trinajstić information content (AvgIpc) is 2.99. The third-order valence-electron chi connectivity index (χ3n) is 6.81. The first-order chi connectivity index (χ1) is 20.0. The summed E-state index contributed by atoms with van der Waals surface area (Å²) >= 11 is 0. The lowest BCUT2D eigenvalue weighted by atomic mass is 10.1. The quantitative estimate of drug-likeness (QED) is 0.288. The predicted octanol–water partition coefficient (Wildman–Crippen LogP) is 4.79. The maximum absolute atomic E-state index is 14.2. The Labute approximate surface area is 249 Å². The summed E-state index contributed by atoms with van der Waals surface area (Å²) in [5, 5.41) is 2.93. The van der Waals surface area contributed by atoms with Crippen molar-refractivity contribution in [1.29, 1.82) is 0 Å². The van der Waals surface area contributed by atoms with Crippen molar-refractivity contribution in [3.05, 3.63) is 83.9 Å². The number of amides is 2. The molecule has 0 aromatic heterocycles. The van der Waals surface area contributed by atoms with Crippen molar-refractivity contribution in [3.63, 3.8) is 0 Å². The Morgan fingerprint density at radius 2 is 1.55 bits per heavy atom. The Morgan fingerprint density at radius 3 is 2.12 bits per heavy atom. The molecule has 10 heteroatoms. The lowest BCUT2D eigenvalue weighted by Gasteiger charge is -2.33. The van der Waals surface area contributed by atoms with Gasteiger partial charge in [-0.15, -0.1) is 0 Å². The van der Waals surface area contributed by atoms with Gasteiger partial charge in [0.15, 0.2) is 0 Å². The highest BCUT2D eigenvalue weighted by Crippen LogP contribution is 2.27. The summed E-state index contributed by atoms with van der Waals surface area (Å²) in [5.41, 5.74) is 2.03. The van der Waals surface area contributed by atoms with Crippen molar-refractivity contribution in [2.24, 2.45) is 5.92 Å². The highest BCUT2D eigenvalue weighted by Gasteiger charge is 2.33. The number of anilines is 1. The van der Waals surface area contributed by atoms with Gasteiger partial charge in [-0.1, -0.05) is 50.6 Å². The zero-order valence-corrected chi connectivity index (χ0v) is 26.0. The molecule has 0 aliphatic heterocycles. The molecule has 9 nitrogen and oxygen atoms in total. The number of carbonyl (C=O) groups excluding carboxylic acids is 2. The topological polar surface area (TPSA) is 105 Å². The summed E-state index contributed by atoms with van der Waals surface area (Å²) in [5.74, 6) is 0.542. The molecule has 0 aliphatic rings. The van der Waals surface area contributed by atoms with Crippen LogP contribution in [0.15, 0.2) is 77.7 Å². The molecular weight excluding hydrogens is 554 g/mol. The van der Waals surface area contributed by atoms with Gasteiger partial charge in [0, 0.05) is 13.1 Å². The number of ether oxygens (including phenoxy) is 2. The largest absolute Gasteiger partial charge is 0.497 e. The van der Waals surface area contributed by atoms with Gasteiger partial charge in [-0.05, 0) is 73.4 Å². The van der Waals surface area contributed by atoms with E-state index in [-0.39, 0.29) is 23.3 Å². The molecule has 42 heavy (non-hydrogen) atoms.